The Morgan fingerprint density at radius 3 is 2.67 bits per heavy atom. The molecule has 0 saturated carbocycles. The number of amides is 1. The highest BCUT2D eigenvalue weighted by Gasteiger charge is 2.49. The van der Waals surface area contributed by atoms with Crippen molar-refractivity contribution < 1.29 is 22.7 Å². The number of thiazole rings is 1. The standard InChI is InChI=1S/C15H12F3N3O2S/c1-3-23-8(2)11-12(15(16,17)18)20-21(13(11)22)14-19-9-6-4-5-7-10(9)24-14/h4-7H,3H2,1-2H3/b11-8+. The quantitative estimate of drug-likeness (QED) is 0.620. The van der Waals surface area contributed by atoms with E-state index in [4.69, 9.17) is 4.74 Å². The number of benzene rings is 1. The third kappa shape index (κ3) is 2.75. The van der Waals surface area contributed by atoms with Crippen LogP contribution in [-0.2, 0) is 9.53 Å². The minimum atomic E-state index is -4.77. The number of hydrazone groups is 1. The smallest absolute Gasteiger partial charge is 0.436 e. The summed E-state index contributed by atoms with van der Waals surface area (Å²) in [7, 11) is 0. The summed E-state index contributed by atoms with van der Waals surface area (Å²) >= 11 is 1.09. The van der Waals surface area contributed by atoms with Crippen molar-refractivity contribution in [3.05, 3.63) is 35.6 Å². The van der Waals surface area contributed by atoms with Crippen molar-refractivity contribution >= 4 is 38.3 Å². The van der Waals surface area contributed by atoms with E-state index in [9.17, 15) is 18.0 Å². The summed E-state index contributed by atoms with van der Waals surface area (Å²) in [5.74, 6) is -1.01. The lowest BCUT2D eigenvalue weighted by molar-refractivity contribution is -0.114. The van der Waals surface area contributed by atoms with Gasteiger partial charge in [0, 0.05) is 0 Å². The minimum Gasteiger partial charge on any atom is -0.498 e. The first-order chi connectivity index (χ1) is 11.3. The predicted molar refractivity (Wildman–Crippen MR) is 84.9 cm³/mol. The molecule has 0 aliphatic carbocycles. The lowest BCUT2D eigenvalue weighted by atomic mass is 10.1. The lowest BCUT2D eigenvalue weighted by Gasteiger charge is -2.10. The van der Waals surface area contributed by atoms with Gasteiger partial charge in [0.25, 0.3) is 5.91 Å². The average Bonchev–Trinajstić information content (AvgIpc) is 3.07. The number of hydrogen-bond donors (Lipinski definition) is 0. The number of nitrogens with zero attached hydrogens (tertiary/aromatic N) is 3. The molecule has 1 aromatic heterocycles. The summed E-state index contributed by atoms with van der Waals surface area (Å²) in [4.78, 5) is 16.7. The molecule has 0 radical (unpaired) electrons. The number of carbonyl (C=O) groups is 1. The van der Waals surface area contributed by atoms with Crippen molar-refractivity contribution in [1.29, 1.82) is 0 Å². The number of ether oxygens (including phenoxy) is 1. The molecule has 0 fully saturated rings. The first-order valence-electron chi connectivity index (χ1n) is 7.02. The maximum Gasteiger partial charge on any atom is 0.436 e. The van der Waals surface area contributed by atoms with E-state index < -0.39 is 23.4 Å². The van der Waals surface area contributed by atoms with Crippen molar-refractivity contribution in [2.75, 3.05) is 11.6 Å². The van der Waals surface area contributed by atoms with Gasteiger partial charge in [-0.2, -0.15) is 23.3 Å². The summed E-state index contributed by atoms with van der Waals surface area (Å²) in [5.41, 5.74) is -1.26. The molecule has 0 bridgehead atoms. The van der Waals surface area contributed by atoms with Crippen LogP contribution in [0.4, 0.5) is 18.3 Å². The number of anilines is 1. The van der Waals surface area contributed by atoms with Crippen LogP contribution in [0.15, 0.2) is 40.7 Å². The summed E-state index contributed by atoms with van der Waals surface area (Å²) in [5, 5.41) is 4.25. The van der Waals surface area contributed by atoms with Gasteiger partial charge in [-0.05, 0) is 26.0 Å². The van der Waals surface area contributed by atoms with Gasteiger partial charge in [-0.1, -0.05) is 23.5 Å². The maximum atomic E-state index is 13.3. The van der Waals surface area contributed by atoms with Crippen LogP contribution in [0.1, 0.15) is 13.8 Å². The fourth-order valence-corrected chi connectivity index (χ4v) is 3.20. The largest absolute Gasteiger partial charge is 0.498 e. The molecule has 0 spiro atoms. The number of halogens is 3. The Labute approximate surface area is 139 Å². The van der Waals surface area contributed by atoms with E-state index in [1.807, 2.05) is 0 Å². The molecule has 3 rings (SSSR count). The van der Waals surface area contributed by atoms with Gasteiger partial charge in [0.05, 0.1) is 16.8 Å². The van der Waals surface area contributed by atoms with Crippen LogP contribution in [-0.4, -0.2) is 29.4 Å². The Balaban J connectivity index is 2.11. The van der Waals surface area contributed by atoms with E-state index >= 15 is 0 Å². The zero-order valence-electron chi connectivity index (χ0n) is 12.7. The van der Waals surface area contributed by atoms with Crippen molar-refractivity contribution in [2.45, 2.75) is 20.0 Å². The molecule has 9 heteroatoms. The van der Waals surface area contributed by atoms with E-state index in [0.717, 1.165) is 16.0 Å². The fraction of sp³-hybridized carbons (Fsp3) is 0.267. The van der Waals surface area contributed by atoms with Gasteiger partial charge < -0.3 is 4.74 Å². The maximum absolute atomic E-state index is 13.3. The number of carbonyl (C=O) groups excluding carboxylic acids is 1. The third-order valence-electron chi connectivity index (χ3n) is 3.29. The van der Waals surface area contributed by atoms with Gasteiger partial charge in [0.2, 0.25) is 5.13 Å². The molecule has 1 aliphatic heterocycles. The van der Waals surface area contributed by atoms with Crippen molar-refractivity contribution in [1.82, 2.24) is 4.98 Å². The SMILES string of the molecule is CCO/C(C)=C1/C(=O)N(c2nc3ccccc3s2)N=C1C(F)(F)F. The first-order valence-corrected chi connectivity index (χ1v) is 7.84. The summed E-state index contributed by atoms with van der Waals surface area (Å²) in [6.45, 7) is 3.09. The second-order valence-electron chi connectivity index (χ2n) is 4.89. The molecule has 1 amide bonds. The van der Waals surface area contributed by atoms with Gasteiger partial charge in [-0.25, -0.2) is 4.98 Å². The molecule has 1 aliphatic rings. The zero-order valence-corrected chi connectivity index (χ0v) is 13.5. The van der Waals surface area contributed by atoms with Crippen LogP contribution in [0.25, 0.3) is 10.2 Å². The van der Waals surface area contributed by atoms with Crippen molar-refractivity contribution in [3.8, 4) is 0 Å². The van der Waals surface area contributed by atoms with Gasteiger partial charge in [-0.15, -0.1) is 0 Å². The number of fused-ring (bicyclic) bond motifs is 1. The van der Waals surface area contributed by atoms with Crippen LogP contribution in [0.2, 0.25) is 0 Å². The van der Waals surface area contributed by atoms with E-state index in [-0.39, 0.29) is 17.5 Å². The Kier molecular flexibility index (Phi) is 4.04. The van der Waals surface area contributed by atoms with Gasteiger partial charge in [0.1, 0.15) is 11.3 Å². The number of aromatic nitrogens is 1. The Morgan fingerprint density at radius 1 is 1.33 bits per heavy atom. The number of rotatable bonds is 3. The molecule has 2 heterocycles. The molecule has 126 valence electrons. The number of allylic oxidation sites excluding steroid dienone is 1. The van der Waals surface area contributed by atoms with Crippen LogP contribution in [0, 0.1) is 0 Å². The second-order valence-corrected chi connectivity index (χ2v) is 5.90. The lowest BCUT2D eigenvalue weighted by Crippen LogP contribution is -2.27. The van der Waals surface area contributed by atoms with Gasteiger partial charge in [-0.3, -0.25) is 4.79 Å². The van der Waals surface area contributed by atoms with Gasteiger partial charge in [0.15, 0.2) is 5.71 Å². The molecule has 5 nitrogen and oxygen atoms in total. The number of hydrogen-bond acceptors (Lipinski definition) is 5. The number of alkyl halides is 3. The summed E-state index contributed by atoms with van der Waals surface area (Å²) in [6, 6.07) is 7.03. The zero-order chi connectivity index (χ0) is 17.5. The van der Waals surface area contributed by atoms with Gasteiger partial charge >= 0.3 is 6.18 Å². The highest BCUT2D eigenvalue weighted by atomic mass is 32.1. The van der Waals surface area contributed by atoms with Crippen LogP contribution < -0.4 is 5.01 Å². The Bertz CT molecular complexity index is 837. The Morgan fingerprint density at radius 2 is 2.04 bits per heavy atom. The van der Waals surface area contributed by atoms with E-state index in [0.29, 0.717) is 10.5 Å². The topological polar surface area (TPSA) is 54.8 Å². The van der Waals surface area contributed by atoms with E-state index in [1.165, 1.54) is 6.92 Å². The van der Waals surface area contributed by atoms with Crippen LogP contribution in [0.3, 0.4) is 0 Å². The minimum absolute atomic E-state index is 0.0854. The van der Waals surface area contributed by atoms with E-state index in [1.54, 1.807) is 31.2 Å². The normalized spacial score (nSPS) is 17.5. The third-order valence-corrected chi connectivity index (χ3v) is 4.30. The summed E-state index contributed by atoms with van der Waals surface area (Å²) < 4.78 is 45.6. The molecular weight excluding hydrogens is 343 g/mol. The van der Waals surface area contributed by atoms with Crippen molar-refractivity contribution in [2.24, 2.45) is 5.10 Å². The summed E-state index contributed by atoms with van der Waals surface area (Å²) in [6.07, 6.45) is -4.77. The van der Waals surface area contributed by atoms with Crippen LogP contribution in [0.5, 0.6) is 0 Å². The van der Waals surface area contributed by atoms with E-state index in [2.05, 4.69) is 10.1 Å². The monoisotopic (exact) mass is 355 g/mol. The molecule has 1 aromatic carbocycles. The Hall–Kier alpha value is -2.42. The second kappa shape index (κ2) is 5.90. The van der Waals surface area contributed by atoms with Crippen LogP contribution >= 0.6 is 11.3 Å². The highest BCUT2D eigenvalue weighted by Crippen LogP contribution is 2.36. The average molecular weight is 355 g/mol. The van der Waals surface area contributed by atoms with Crippen molar-refractivity contribution in [3.63, 3.8) is 0 Å². The molecule has 24 heavy (non-hydrogen) atoms. The predicted octanol–water partition coefficient (Wildman–Crippen LogP) is 3.87. The molecule has 0 saturated heterocycles. The molecule has 0 N–H and O–H groups in total. The number of para-hydroxylation sites is 1. The highest BCUT2D eigenvalue weighted by molar-refractivity contribution is 7.22. The molecule has 2 aromatic rings. The first kappa shape index (κ1) is 16.4. The molecule has 0 atom stereocenters. The molecular formula is C15H12F3N3O2S. The fourth-order valence-electron chi connectivity index (χ4n) is 2.29. The molecule has 0 unspecified atom stereocenters.